The summed E-state index contributed by atoms with van der Waals surface area (Å²) in [6, 6.07) is 2.89. The summed E-state index contributed by atoms with van der Waals surface area (Å²) in [6.07, 6.45) is 0. The Balaban J connectivity index is 2.68. The standard InChI is InChI=1S/C5H7N2S/c1-4-3-6-5(2)7-8-4/h4H,1-2H3/q+1. The topological polar surface area (TPSA) is 16.7 Å². The average Bonchev–Trinajstić information content (AvgIpc) is 1.77. The molecule has 0 aromatic heterocycles. The lowest BCUT2D eigenvalue weighted by Crippen LogP contribution is -1.94. The van der Waals surface area contributed by atoms with Crippen molar-refractivity contribution in [2.75, 3.05) is 0 Å². The molecule has 1 heterocycles. The highest BCUT2D eigenvalue weighted by atomic mass is 32.2. The van der Waals surface area contributed by atoms with E-state index in [9.17, 15) is 0 Å². The zero-order chi connectivity index (χ0) is 5.98. The second kappa shape index (κ2) is 2.19. The van der Waals surface area contributed by atoms with E-state index in [0.717, 1.165) is 5.84 Å². The molecule has 0 aliphatic carbocycles. The van der Waals surface area contributed by atoms with Crippen molar-refractivity contribution in [2.24, 2.45) is 4.40 Å². The smallest absolute Gasteiger partial charge is 0.158 e. The molecule has 0 amide bonds. The van der Waals surface area contributed by atoms with Gasteiger partial charge >= 0.3 is 5.84 Å². The molecular weight excluding hydrogens is 120 g/mol. The summed E-state index contributed by atoms with van der Waals surface area (Å²) in [5.74, 6) is 0.813. The van der Waals surface area contributed by atoms with Crippen LogP contribution in [0.5, 0.6) is 0 Å². The maximum absolute atomic E-state index is 4.02. The fourth-order valence-corrected chi connectivity index (χ4v) is 0.835. The van der Waals surface area contributed by atoms with Crippen LogP contribution in [0.4, 0.5) is 0 Å². The molecule has 0 aromatic rings. The van der Waals surface area contributed by atoms with E-state index in [4.69, 9.17) is 0 Å². The third kappa shape index (κ3) is 1.24. The second-order valence-corrected chi connectivity index (χ2v) is 2.73. The minimum Gasteiger partial charge on any atom is -0.158 e. The molecule has 0 saturated heterocycles. The van der Waals surface area contributed by atoms with Gasteiger partial charge in [0.2, 0.25) is 0 Å². The maximum Gasteiger partial charge on any atom is 0.405 e. The summed E-state index contributed by atoms with van der Waals surface area (Å²) in [7, 11) is 0. The Bertz CT molecular complexity index is 175. The van der Waals surface area contributed by atoms with E-state index in [0.29, 0.717) is 5.25 Å². The first-order valence-corrected chi connectivity index (χ1v) is 3.29. The van der Waals surface area contributed by atoms with Crippen LogP contribution < -0.4 is 0 Å². The van der Waals surface area contributed by atoms with Gasteiger partial charge in [-0.25, -0.2) is 0 Å². The van der Waals surface area contributed by atoms with E-state index >= 15 is 0 Å². The Kier molecular flexibility index (Phi) is 1.54. The molecule has 2 nitrogen and oxygen atoms in total. The van der Waals surface area contributed by atoms with Gasteiger partial charge in [0.25, 0.3) is 0 Å². The first kappa shape index (κ1) is 5.64. The molecule has 1 aliphatic heterocycles. The highest BCUT2D eigenvalue weighted by molar-refractivity contribution is 7.99. The Hall–Kier alpha value is -0.490. The van der Waals surface area contributed by atoms with Crippen LogP contribution >= 0.6 is 11.9 Å². The predicted molar refractivity (Wildman–Crippen MR) is 37.4 cm³/mol. The van der Waals surface area contributed by atoms with Crippen LogP contribution in [0.1, 0.15) is 13.8 Å². The Labute approximate surface area is 52.9 Å². The van der Waals surface area contributed by atoms with Crippen LogP contribution in [-0.2, 0) is 0 Å². The van der Waals surface area contributed by atoms with Crippen LogP contribution in [-0.4, -0.2) is 11.1 Å². The third-order valence-corrected chi connectivity index (χ3v) is 1.54. The van der Waals surface area contributed by atoms with E-state index in [1.165, 1.54) is 11.9 Å². The highest BCUT2D eigenvalue weighted by Crippen LogP contribution is 2.14. The van der Waals surface area contributed by atoms with Gasteiger partial charge < -0.3 is 0 Å². The monoisotopic (exact) mass is 127 g/mol. The van der Waals surface area contributed by atoms with E-state index in [1.54, 1.807) is 0 Å². The Morgan fingerprint density at radius 2 is 2.62 bits per heavy atom. The molecule has 0 aromatic carbocycles. The number of nitrogens with zero attached hydrogens (tertiary/aromatic N) is 2. The minimum absolute atomic E-state index is 0.332. The second-order valence-electron chi connectivity index (χ2n) is 1.63. The molecule has 42 valence electrons. The molecular formula is C5H7N2S+. The summed E-state index contributed by atoms with van der Waals surface area (Å²) in [6.45, 7) is 3.88. The van der Waals surface area contributed by atoms with E-state index < -0.39 is 0 Å². The normalized spacial score (nSPS) is 25.8. The molecule has 1 aliphatic rings. The molecule has 1 atom stereocenters. The maximum atomic E-state index is 4.02. The molecule has 8 heavy (non-hydrogen) atoms. The summed E-state index contributed by atoms with van der Waals surface area (Å²) < 4.78 is 4.02. The van der Waals surface area contributed by atoms with Crippen LogP contribution in [0.25, 0.3) is 4.85 Å². The van der Waals surface area contributed by atoms with Crippen molar-refractivity contribution in [3.8, 4) is 6.07 Å². The van der Waals surface area contributed by atoms with Gasteiger partial charge in [-0.2, -0.15) is 4.85 Å². The average molecular weight is 127 g/mol. The predicted octanol–water partition coefficient (Wildman–Crippen LogP) is 1.79. The largest absolute Gasteiger partial charge is 0.405 e. The van der Waals surface area contributed by atoms with E-state index in [-0.39, 0.29) is 0 Å². The van der Waals surface area contributed by atoms with Crippen LogP contribution in [0.2, 0.25) is 0 Å². The molecule has 3 heteroatoms. The van der Waals surface area contributed by atoms with Crippen molar-refractivity contribution in [2.45, 2.75) is 19.1 Å². The molecule has 0 fully saturated rings. The van der Waals surface area contributed by atoms with Crippen LogP contribution in [0.3, 0.4) is 0 Å². The van der Waals surface area contributed by atoms with E-state index in [2.05, 4.69) is 15.3 Å². The number of hydrogen-bond donors (Lipinski definition) is 0. The summed E-state index contributed by atoms with van der Waals surface area (Å²) in [5.41, 5.74) is 0. The first-order valence-electron chi connectivity index (χ1n) is 2.46. The van der Waals surface area contributed by atoms with Gasteiger partial charge in [0.1, 0.15) is 11.9 Å². The summed E-state index contributed by atoms with van der Waals surface area (Å²) in [4.78, 5) is 3.89. The van der Waals surface area contributed by atoms with Crippen molar-refractivity contribution in [1.82, 2.24) is 0 Å². The third-order valence-electron chi connectivity index (χ3n) is 0.751. The molecule has 0 saturated carbocycles. The van der Waals surface area contributed by atoms with Crippen molar-refractivity contribution in [3.05, 3.63) is 4.85 Å². The van der Waals surface area contributed by atoms with Gasteiger partial charge in [-0.3, -0.25) is 0 Å². The van der Waals surface area contributed by atoms with Crippen molar-refractivity contribution in [1.29, 1.82) is 0 Å². The van der Waals surface area contributed by atoms with Crippen LogP contribution in [0, 0.1) is 6.07 Å². The number of amidine groups is 1. The van der Waals surface area contributed by atoms with Gasteiger partial charge in [-0.15, -0.1) is 0 Å². The van der Waals surface area contributed by atoms with E-state index in [1.807, 2.05) is 13.8 Å². The molecule has 0 N–H and O–H groups in total. The summed E-state index contributed by atoms with van der Waals surface area (Å²) >= 11 is 1.51. The summed E-state index contributed by atoms with van der Waals surface area (Å²) in [5, 5.41) is 0.332. The SMILES string of the molecule is CC1=NSC(C)C#[N+]1. The zero-order valence-electron chi connectivity index (χ0n) is 4.88. The fraction of sp³-hybridized carbons (Fsp3) is 0.600. The Morgan fingerprint density at radius 3 is 3.00 bits per heavy atom. The minimum atomic E-state index is 0.332. The van der Waals surface area contributed by atoms with Gasteiger partial charge in [-0.05, 0) is 6.92 Å². The van der Waals surface area contributed by atoms with Crippen molar-refractivity contribution < 1.29 is 0 Å². The van der Waals surface area contributed by atoms with Gasteiger partial charge in [0.15, 0.2) is 11.3 Å². The Morgan fingerprint density at radius 1 is 1.88 bits per heavy atom. The van der Waals surface area contributed by atoms with Gasteiger partial charge in [-0.1, -0.05) is 0 Å². The zero-order valence-corrected chi connectivity index (χ0v) is 5.70. The highest BCUT2D eigenvalue weighted by Gasteiger charge is 2.13. The molecule has 1 unspecified atom stereocenters. The number of hydrogen-bond acceptors (Lipinski definition) is 2. The van der Waals surface area contributed by atoms with Crippen LogP contribution in [0.15, 0.2) is 4.40 Å². The van der Waals surface area contributed by atoms with Crippen molar-refractivity contribution in [3.63, 3.8) is 0 Å². The fourth-order valence-electron chi connectivity index (χ4n) is 0.384. The van der Waals surface area contributed by atoms with Gasteiger partial charge in [0, 0.05) is 4.40 Å². The van der Waals surface area contributed by atoms with Gasteiger partial charge in [0.05, 0.1) is 6.92 Å². The lowest BCUT2D eigenvalue weighted by atomic mass is 10.5. The number of rotatable bonds is 0. The molecule has 0 spiro atoms. The molecule has 1 rings (SSSR count). The van der Waals surface area contributed by atoms with Crippen molar-refractivity contribution >= 4 is 17.8 Å². The lowest BCUT2D eigenvalue weighted by molar-refractivity contribution is 1.29. The quantitative estimate of drug-likeness (QED) is 0.453. The molecule has 0 radical (unpaired) electrons. The lowest BCUT2D eigenvalue weighted by Gasteiger charge is -1.87. The first-order chi connectivity index (χ1) is 3.79. The molecule has 0 bridgehead atoms.